The molecule has 0 N–H and O–H groups in total. The monoisotopic (exact) mass is 478 g/mol. The molecule has 5 rings (SSSR count). The third-order valence-corrected chi connectivity index (χ3v) is 7.17. The quantitative estimate of drug-likeness (QED) is 0.428. The first-order valence-electron chi connectivity index (χ1n) is 12.6. The molecule has 7 heteroatoms. The van der Waals surface area contributed by atoms with Crippen LogP contribution in [0, 0.1) is 17.6 Å². The van der Waals surface area contributed by atoms with Crippen LogP contribution in [0.1, 0.15) is 37.4 Å². The van der Waals surface area contributed by atoms with Crippen molar-refractivity contribution in [2.24, 2.45) is 5.92 Å². The second-order valence-corrected chi connectivity index (χ2v) is 9.49. The lowest BCUT2D eigenvalue weighted by Gasteiger charge is -2.36. The molecule has 2 aliphatic rings. The van der Waals surface area contributed by atoms with E-state index in [1.165, 1.54) is 37.1 Å². The number of ether oxygens (including phenoxy) is 1. The summed E-state index contributed by atoms with van der Waals surface area (Å²) in [7, 11) is 0. The van der Waals surface area contributed by atoms with Gasteiger partial charge in [-0.25, -0.2) is 18.7 Å². The second-order valence-electron chi connectivity index (χ2n) is 9.49. The summed E-state index contributed by atoms with van der Waals surface area (Å²) in [5.74, 6) is 0.588. The fourth-order valence-corrected chi connectivity index (χ4v) is 5.15. The molecule has 1 aromatic heterocycles. The van der Waals surface area contributed by atoms with E-state index in [0.717, 1.165) is 62.3 Å². The predicted molar refractivity (Wildman–Crippen MR) is 133 cm³/mol. The molecular formula is C28H32F2N4O. The molecule has 0 saturated carbocycles. The predicted octanol–water partition coefficient (Wildman–Crippen LogP) is 5.49. The Kier molecular flexibility index (Phi) is 7.64. The molecule has 35 heavy (non-hydrogen) atoms. The Morgan fingerprint density at radius 3 is 2.03 bits per heavy atom. The van der Waals surface area contributed by atoms with Gasteiger partial charge in [0.1, 0.15) is 11.6 Å². The zero-order valence-electron chi connectivity index (χ0n) is 20.0. The van der Waals surface area contributed by atoms with Crippen LogP contribution in [0.2, 0.25) is 0 Å². The molecule has 0 spiro atoms. The summed E-state index contributed by atoms with van der Waals surface area (Å²) in [5.41, 5.74) is 2.81. The number of halogens is 2. The third kappa shape index (κ3) is 6.03. The summed E-state index contributed by atoms with van der Waals surface area (Å²) in [6, 6.07) is 13.1. The molecule has 3 heterocycles. The number of aromatic nitrogens is 2. The van der Waals surface area contributed by atoms with Gasteiger partial charge in [-0.05, 0) is 80.1 Å². The van der Waals surface area contributed by atoms with Crippen LogP contribution in [0.15, 0.2) is 60.9 Å². The summed E-state index contributed by atoms with van der Waals surface area (Å²) in [6.07, 6.45) is 8.00. The van der Waals surface area contributed by atoms with Crippen LogP contribution in [0.25, 0.3) is 11.1 Å². The molecule has 0 amide bonds. The van der Waals surface area contributed by atoms with Gasteiger partial charge in [-0.2, -0.15) is 0 Å². The Morgan fingerprint density at radius 2 is 1.40 bits per heavy atom. The van der Waals surface area contributed by atoms with E-state index in [1.54, 1.807) is 24.5 Å². The summed E-state index contributed by atoms with van der Waals surface area (Å²) < 4.78 is 33.2. The lowest BCUT2D eigenvalue weighted by atomic mass is 9.87. The largest absolute Gasteiger partial charge is 0.372 e. The van der Waals surface area contributed by atoms with Crippen molar-refractivity contribution in [2.45, 2.75) is 31.8 Å². The van der Waals surface area contributed by atoms with Crippen LogP contribution in [0.5, 0.6) is 0 Å². The SMILES string of the molecule is Fc1ccc(-c2cnc(N3CCC(C(OCCN4CCCC4)c4ccc(F)cc4)CC3)nc2)cc1. The fraction of sp³-hybridized carbons (Fsp3) is 0.429. The highest BCUT2D eigenvalue weighted by atomic mass is 19.1. The number of benzene rings is 2. The van der Waals surface area contributed by atoms with E-state index >= 15 is 0 Å². The summed E-state index contributed by atoms with van der Waals surface area (Å²) >= 11 is 0. The molecule has 2 aliphatic heterocycles. The van der Waals surface area contributed by atoms with Crippen molar-refractivity contribution in [1.29, 1.82) is 0 Å². The first-order valence-corrected chi connectivity index (χ1v) is 12.6. The number of nitrogens with zero attached hydrogens (tertiary/aromatic N) is 4. The number of anilines is 1. The lowest BCUT2D eigenvalue weighted by molar-refractivity contribution is -0.00522. The molecular weight excluding hydrogens is 446 g/mol. The molecule has 0 radical (unpaired) electrons. The minimum atomic E-state index is -0.256. The van der Waals surface area contributed by atoms with Gasteiger partial charge in [-0.15, -0.1) is 0 Å². The Labute approximate surface area is 205 Å². The van der Waals surface area contributed by atoms with Gasteiger partial charge in [0.2, 0.25) is 5.95 Å². The third-order valence-electron chi connectivity index (χ3n) is 7.17. The fourth-order valence-electron chi connectivity index (χ4n) is 5.15. The average Bonchev–Trinajstić information content (AvgIpc) is 3.42. The molecule has 184 valence electrons. The van der Waals surface area contributed by atoms with Crippen molar-refractivity contribution in [2.75, 3.05) is 44.2 Å². The molecule has 2 fully saturated rings. The Hall–Kier alpha value is -2.90. The first kappa shape index (κ1) is 23.8. The van der Waals surface area contributed by atoms with E-state index in [4.69, 9.17) is 4.74 Å². The maximum absolute atomic E-state index is 13.6. The standard InChI is InChI=1S/C28H32F2N4O/c29-25-7-3-21(4-8-25)24-19-31-28(32-20-24)34-15-11-23(12-16-34)27(22-5-9-26(30)10-6-22)35-18-17-33-13-1-2-14-33/h3-10,19-20,23,27H,1-2,11-18H2. The van der Waals surface area contributed by atoms with E-state index < -0.39 is 0 Å². The summed E-state index contributed by atoms with van der Waals surface area (Å²) in [4.78, 5) is 13.8. The van der Waals surface area contributed by atoms with Gasteiger partial charge < -0.3 is 14.5 Å². The number of rotatable bonds is 8. The number of likely N-dealkylation sites (tertiary alicyclic amines) is 1. The molecule has 2 aromatic carbocycles. The van der Waals surface area contributed by atoms with Gasteiger partial charge in [0.15, 0.2) is 0 Å². The summed E-state index contributed by atoms with van der Waals surface area (Å²) in [6.45, 7) is 5.63. The minimum Gasteiger partial charge on any atom is -0.372 e. The molecule has 5 nitrogen and oxygen atoms in total. The molecule has 0 bridgehead atoms. The lowest BCUT2D eigenvalue weighted by Crippen LogP contribution is -2.37. The van der Waals surface area contributed by atoms with Crippen molar-refractivity contribution in [3.05, 3.63) is 78.1 Å². The molecule has 3 aromatic rings. The van der Waals surface area contributed by atoms with Gasteiger partial charge in [-0.1, -0.05) is 24.3 Å². The maximum Gasteiger partial charge on any atom is 0.225 e. The highest BCUT2D eigenvalue weighted by molar-refractivity contribution is 5.61. The normalized spacial score (nSPS) is 18.2. The number of hydrogen-bond acceptors (Lipinski definition) is 5. The topological polar surface area (TPSA) is 41.5 Å². The highest BCUT2D eigenvalue weighted by Crippen LogP contribution is 2.35. The highest BCUT2D eigenvalue weighted by Gasteiger charge is 2.29. The van der Waals surface area contributed by atoms with Gasteiger partial charge in [0.05, 0.1) is 12.7 Å². The molecule has 0 aliphatic carbocycles. The Balaban J connectivity index is 1.21. The van der Waals surface area contributed by atoms with Crippen molar-refractivity contribution in [3.8, 4) is 11.1 Å². The van der Waals surface area contributed by atoms with Crippen LogP contribution in [-0.2, 0) is 4.74 Å². The summed E-state index contributed by atoms with van der Waals surface area (Å²) in [5, 5.41) is 0. The smallest absolute Gasteiger partial charge is 0.225 e. The van der Waals surface area contributed by atoms with Gasteiger partial charge in [-0.3, -0.25) is 0 Å². The minimum absolute atomic E-state index is 0.0397. The van der Waals surface area contributed by atoms with Crippen molar-refractivity contribution in [1.82, 2.24) is 14.9 Å². The maximum atomic E-state index is 13.6. The Morgan fingerprint density at radius 1 is 0.800 bits per heavy atom. The van der Waals surface area contributed by atoms with Gasteiger partial charge in [0, 0.05) is 37.6 Å². The van der Waals surface area contributed by atoms with Crippen LogP contribution < -0.4 is 4.90 Å². The van der Waals surface area contributed by atoms with Crippen molar-refractivity contribution < 1.29 is 13.5 Å². The van der Waals surface area contributed by atoms with Crippen molar-refractivity contribution >= 4 is 5.95 Å². The van der Waals surface area contributed by atoms with E-state index in [1.807, 2.05) is 12.1 Å². The number of piperidine rings is 1. The average molecular weight is 479 g/mol. The second kappa shape index (κ2) is 11.2. The van der Waals surface area contributed by atoms with E-state index in [2.05, 4.69) is 19.8 Å². The van der Waals surface area contributed by atoms with Gasteiger partial charge >= 0.3 is 0 Å². The van der Waals surface area contributed by atoms with Crippen LogP contribution >= 0.6 is 0 Å². The zero-order chi connectivity index (χ0) is 24.0. The first-order chi connectivity index (χ1) is 17.2. The molecule has 1 atom stereocenters. The van der Waals surface area contributed by atoms with Gasteiger partial charge in [0.25, 0.3) is 0 Å². The van der Waals surface area contributed by atoms with Crippen LogP contribution in [0.4, 0.5) is 14.7 Å². The van der Waals surface area contributed by atoms with Crippen molar-refractivity contribution in [3.63, 3.8) is 0 Å². The molecule has 1 unspecified atom stereocenters. The van der Waals surface area contributed by atoms with E-state index in [-0.39, 0.29) is 17.7 Å². The Bertz CT molecular complexity index is 1060. The van der Waals surface area contributed by atoms with E-state index in [0.29, 0.717) is 18.5 Å². The zero-order valence-corrected chi connectivity index (χ0v) is 20.0. The number of hydrogen-bond donors (Lipinski definition) is 0. The van der Waals surface area contributed by atoms with Crippen LogP contribution in [0.3, 0.4) is 0 Å². The molecule has 2 saturated heterocycles. The van der Waals surface area contributed by atoms with Crippen LogP contribution in [-0.4, -0.2) is 54.2 Å². The van der Waals surface area contributed by atoms with E-state index in [9.17, 15) is 8.78 Å².